The maximum Gasteiger partial charge on any atom is 0.231 e. The molecule has 0 aliphatic carbocycles. The molecule has 1 aliphatic heterocycles. The first-order valence-corrected chi connectivity index (χ1v) is 9.54. The number of hydrogen-bond acceptors (Lipinski definition) is 3. The molecule has 3 nitrogen and oxygen atoms in total. The lowest BCUT2D eigenvalue weighted by molar-refractivity contribution is 0.101. The first-order valence-electron chi connectivity index (χ1n) is 9.54. The number of ether oxygens (including phenoxy) is 2. The van der Waals surface area contributed by atoms with Crippen molar-refractivity contribution in [2.75, 3.05) is 0 Å². The third-order valence-corrected chi connectivity index (χ3v) is 5.12. The molecular formula is C26H22O3. The zero-order valence-corrected chi connectivity index (χ0v) is 16.6. The SMILES string of the molecule is C=Cc1ccc(COc2ccc3c(c2C)O/C(=C\c2ccccc2C)C3=O)cc1. The van der Waals surface area contributed by atoms with Crippen molar-refractivity contribution in [3.05, 3.63) is 106 Å². The van der Waals surface area contributed by atoms with Gasteiger partial charge in [-0.15, -0.1) is 0 Å². The molecule has 0 aromatic heterocycles. The van der Waals surface area contributed by atoms with Crippen LogP contribution in [0.1, 0.15) is 38.2 Å². The zero-order valence-electron chi connectivity index (χ0n) is 16.6. The van der Waals surface area contributed by atoms with E-state index >= 15 is 0 Å². The standard InChI is InChI=1S/C26H22O3/c1-4-19-9-11-20(12-10-19)16-28-23-14-13-22-25(27)24(29-26(22)18(23)3)15-21-8-6-5-7-17(21)2/h4-15H,1,16H2,2-3H3/b24-15-. The number of hydrogen-bond donors (Lipinski definition) is 0. The van der Waals surface area contributed by atoms with Crippen LogP contribution in [0.3, 0.4) is 0 Å². The van der Waals surface area contributed by atoms with Gasteiger partial charge in [-0.2, -0.15) is 0 Å². The monoisotopic (exact) mass is 382 g/mol. The molecule has 3 aromatic rings. The summed E-state index contributed by atoms with van der Waals surface area (Å²) in [6.07, 6.45) is 3.62. The number of aryl methyl sites for hydroxylation is 1. The van der Waals surface area contributed by atoms with E-state index in [1.807, 2.05) is 74.5 Å². The van der Waals surface area contributed by atoms with Crippen molar-refractivity contribution in [1.82, 2.24) is 0 Å². The van der Waals surface area contributed by atoms with E-state index in [0.29, 0.717) is 29.4 Å². The van der Waals surface area contributed by atoms with Crippen LogP contribution in [0.2, 0.25) is 0 Å². The molecule has 0 unspecified atom stereocenters. The van der Waals surface area contributed by atoms with E-state index in [9.17, 15) is 4.79 Å². The van der Waals surface area contributed by atoms with E-state index in [-0.39, 0.29) is 5.78 Å². The minimum absolute atomic E-state index is 0.0992. The average Bonchev–Trinajstić information content (AvgIpc) is 3.06. The van der Waals surface area contributed by atoms with Gasteiger partial charge in [-0.05, 0) is 54.3 Å². The Balaban J connectivity index is 1.56. The molecule has 3 heteroatoms. The van der Waals surface area contributed by atoms with Crippen LogP contribution in [-0.2, 0) is 6.61 Å². The van der Waals surface area contributed by atoms with E-state index in [2.05, 4.69) is 6.58 Å². The van der Waals surface area contributed by atoms with E-state index in [4.69, 9.17) is 9.47 Å². The van der Waals surface area contributed by atoms with Crippen LogP contribution in [0, 0.1) is 13.8 Å². The number of ketones is 1. The number of fused-ring (bicyclic) bond motifs is 1. The van der Waals surface area contributed by atoms with Gasteiger partial charge < -0.3 is 9.47 Å². The van der Waals surface area contributed by atoms with Crippen LogP contribution < -0.4 is 9.47 Å². The second kappa shape index (κ2) is 7.80. The van der Waals surface area contributed by atoms with Crippen LogP contribution in [0.5, 0.6) is 11.5 Å². The number of rotatable bonds is 5. The van der Waals surface area contributed by atoms with Gasteiger partial charge in [0.1, 0.15) is 18.1 Å². The van der Waals surface area contributed by atoms with Gasteiger partial charge in [0.05, 0.1) is 5.56 Å². The van der Waals surface area contributed by atoms with Gasteiger partial charge in [0.25, 0.3) is 0 Å². The molecule has 0 spiro atoms. The fraction of sp³-hybridized carbons (Fsp3) is 0.115. The molecule has 0 saturated heterocycles. The Morgan fingerprint density at radius 1 is 1.00 bits per heavy atom. The van der Waals surface area contributed by atoms with E-state index in [0.717, 1.165) is 27.8 Å². The molecule has 0 saturated carbocycles. The molecule has 0 amide bonds. The van der Waals surface area contributed by atoms with Crippen LogP contribution in [0.4, 0.5) is 0 Å². The number of allylic oxidation sites excluding steroid dienone is 1. The number of Topliss-reactive ketones (excluding diaryl/α,β-unsaturated/α-hetero) is 1. The van der Waals surface area contributed by atoms with Crippen LogP contribution in [0.25, 0.3) is 12.2 Å². The minimum atomic E-state index is -0.0992. The predicted octanol–water partition coefficient (Wildman–Crippen LogP) is 6.14. The lowest BCUT2D eigenvalue weighted by Gasteiger charge is -2.11. The molecule has 144 valence electrons. The summed E-state index contributed by atoms with van der Waals surface area (Å²) in [5.41, 5.74) is 5.60. The smallest absolute Gasteiger partial charge is 0.231 e. The fourth-order valence-corrected chi connectivity index (χ4v) is 3.33. The summed E-state index contributed by atoms with van der Waals surface area (Å²) in [4.78, 5) is 12.8. The van der Waals surface area contributed by atoms with Gasteiger partial charge in [-0.1, -0.05) is 61.2 Å². The Labute approximate surface area is 170 Å². The van der Waals surface area contributed by atoms with Gasteiger partial charge in [-0.3, -0.25) is 4.79 Å². The van der Waals surface area contributed by atoms with E-state index in [1.165, 1.54) is 0 Å². The van der Waals surface area contributed by atoms with Crippen molar-refractivity contribution >= 4 is 17.9 Å². The second-order valence-electron chi connectivity index (χ2n) is 7.10. The maximum atomic E-state index is 12.8. The quantitative estimate of drug-likeness (QED) is 0.497. The predicted molar refractivity (Wildman–Crippen MR) is 116 cm³/mol. The largest absolute Gasteiger partial charge is 0.488 e. The normalized spacial score (nSPS) is 13.9. The van der Waals surface area contributed by atoms with Gasteiger partial charge in [-0.25, -0.2) is 0 Å². The van der Waals surface area contributed by atoms with Crippen molar-refractivity contribution in [1.29, 1.82) is 0 Å². The number of carbonyl (C=O) groups is 1. The van der Waals surface area contributed by atoms with Gasteiger partial charge in [0, 0.05) is 5.56 Å². The van der Waals surface area contributed by atoms with E-state index < -0.39 is 0 Å². The Morgan fingerprint density at radius 2 is 1.76 bits per heavy atom. The Kier molecular flexibility index (Phi) is 5.05. The topological polar surface area (TPSA) is 35.5 Å². The fourth-order valence-electron chi connectivity index (χ4n) is 3.33. The number of carbonyl (C=O) groups excluding carboxylic acids is 1. The van der Waals surface area contributed by atoms with Crippen molar-refractivity contribution in [3.8, 4) is 11.5 Å². The molecule has 1 aliphatic rings. The molecular weight excluding hydrogens is 360 g/mol. The molecule has 0 bridgehead atoms. The van der Waals surface area contributed by atoms with Crippen molar-refractivity contribution < 1.29 is 14.3 Å². The summed E-state index contributed by atoms with van der Waals surface area (Å²) in [7, 11) is 0. The first kappa shape index (κ1) is 18.8. The van der Waals surface area contributed by atoms with Crippen LogP contribution in [-0.4, -0.2) is 5.78 Å². The summed E-state index contributed by atoms with van der Waals surface area (Å²) in [5, 5.41) is 0. The van der Waals surface area contributed by atoms with Crippen LogP contribution in [0.15, 0.2) is 73.0 Å². The number of benzene rings is 3. The Bertz CT molecular complexity index is 1120. The Morgan fingerprint density at radius 3 is 2.48 bits per heavy atom. The van der Waals surface area contributed by atoms with Gasteiger partial charge >= 0.3 is 0 Å². The molecule has 29 heavy (non-hydrogen) atoms. The molecule has 1 heterocycles. The minimum Gasteiger partial charge on any atom is -0.488 e. The molecule has 4 rings (SSSR count). The maximum absolute atomic E-state index is 12.8. The third kappa shape index (κ3) is 3.72. The molecule has 0 atom stereocenters. The molecule has 0 radical (unpaired) electrons. The first-order chi connectivity index (χ1) is 14.1. The summed E-state index contributed by atoms with van der Waals surface area (Å²) in [5.74, 6) is 1.53. The summed E-state index contributed by atoms with van der Waals surface area (Å²) < 4.78 is 11.9. The second-order valence-corrected chi connectivity index (χ2v) is 7.10. The van der Waals surface area contributed by atoms with E-state index in [1.54, 1.807) is 12.1 Å². The van der Waals surface area contributed by atoms with Gasteiger partial charge in [0.15, 0.2) is 5.76 Å². The molecule has 0 fully saturated rings. The zero-order chi connectivity index (χ0) is 20.4. The summed E-state index contributed by atoms with van der Waals surface area (Å²) in [6, 6.07) is 19.6. The van der Waals surface area contributed by atoms with Gasteiger partial charge in [0.2, 0.25) is 5.78 Å². The highest BCUT2D eigenvalue weighted by Crippen LogP contribution is 2.39. The highest BCUT2D eigenvalue weighted by atomic mass is 16.5. The Hall–Kier alpha value is -3.59. The van der Waals surface area contributed by atoms with Crippen molar-refractivity contribution in [2.24, 2.45) is 0 Å². The lowest BCUT2D eigenvalue weighted by Crippen LogP contribution is -1.98. The molecule has 0 N–H and O–H groups in total. The highest BCUT2D eigenvalue weighted by molar-refractivity contribution is 6.15. The van der Waals surface area contributed by atoms with Crippen molar-refractivity contribution in [3.63, 3.8) is 0 Å². The summed E-state index contributed by atoms with van der Waals surface area (Å²) in [6.45, 7) is 8.13. The molecule has 3 aromatic carbocycles. The van der Waals surface area contributed by atoms with Crippen molar-refractivity contribution in [2.45, 2.75) is 20.5 Å². The average molecular weight is 382 g/mol. The lowest BCUT2D eigenvalue weighted by atomic mass is 10.0. The highest BCUT2D eigenvalue weighted by Gasteiger charge is 2.30. The van der Waals surface area contributed by atoms with Crippen LogP contribution >= 0.6 is 0 Å². The third-order valence-electron chi connectivity index (χ3n) is 5.12. The summed E-state index contributed by atoms with van der Waals surface area (Å²) >= 11 is 0.